The highest BCUT2D eigenvalue weighted by Gasteiger charge is 2.32. The third-order valence-electron chi connectivity index (χ3n) is 6.71. The maximum absolute atomic E-state index is 13.8. The largest absolute Gasteiger partial charge is 0.352 e. The minimum absolute atomic E-state index is 0.0810. The molecule has 1 fully saturated rings. The van der Waals surface area contributed by atoms with E-state index in [-0.39, 0.29) is 23.6 Å². The van der Waals surface area contributed by atoms with Gasteiger partial charge in [-0.05, 0) is 53.8 Å². The van der Waals surface area contributed by atoms with E-state index in [4.69, 9.17) is 23.2 Å². The molecular formula is C30H31BrCl2N2O2S. The van der Waals surface area contributed by atoms with Crippen molar-refractivity contribution in [3.63, 3.8) is 0 Å². The van der Waals surface area contributed by atoms with E-state index in [9.17, 15) is 9.59 Å². The van der Waals surface area contributed by atoms with Crippen LogP contribution in [0, 0.1) is 0 Å². The van der Waals surface area contributed by atoms with Gasteiger partial charge in [-0.3, -0.25) is 9.59 Å². The molecule has 0 heterocycles. The Morgan fingerprint density at radius 3 is 2.42 bits per heavy atom. The molecule has 0 saturated heterocycles. The van der Waals surface area contributed by atoms with Gasteiger partial charge in [-0.2, -0.15) is 0 Å². The lowest BCUT2D eigenvalue weighted by atomic mass is 10.0. The Balaban J connectivity index is 1.57. The zero-order valence-electron chi connectivity index (χ0n) is 21.0. The Hall–Kier alpha value is -1.99. The molecule has 0 radical (unpaired) electrons. The minimum atomic E-state index is -0.621. The minimum Gasteiger partial charge on any atom is -0.352 e. The smallest absolute Gasteiger partial charge is 0.243 e. The van der Waals surface area contributed by atoms with E-state index in [2.05, 4.69) is 21.2 Å². The van der Waals surface area contributed by atoms with E-state index in [1.54, 1.807) is 17.0 Å². The molecule has 1 unspecified atom stereocenters. The molecule has 3 aromatic carbocycles. The van der Waals surface area contributed by atoms with Gasteiger partial charge < -0.3 is 10.2 Å². The normalized spacial score (nSPS) is 14.3. The molecule has 200 valence electrons. The molecule has 0 aliphatic heterocycles. The highest BCUT2D eigenvalue weighted by Crippen LogP contribution is 2.26. The fourth-order valence-electron chi connectivity index (χ4n) is 4.72. The number of thioether (sulfide) groups is 1. The van der Waals surface area contributed by atoms with Gasteiger partial charge in [0.25, 0.3) is 0 Å². The summed E-state index contributed by atoms with van der Waals surface area (Å²) in [5.74, 6) is 0.636. The summed E-state index contributed by atoms with van der Waals surface area (Å²) in [6, 6.07) is 22.7. The standard InChI is InChI=1S/C30H31BrCl2N2O2S/c31-24-10-6-9-22(15-24)18-35(29(36)20-38-19-23-13-14-25(32)17-27(23)33)28(16-21-7-2-1-3-8-21)30(37)34-26-11-4-5-12-26/h1-3,6-10,13-15,17,26,28H,4-5,11-12,16,18-20H2,(H,34,37). The molecule has 38 heavy (non-hydrogen) atoms. The fourth-order valence-corrected chi connectivity index (χ4v) is 6.64. The summed E-state index contributed by atoms with van der Waals surface area (Å²) in [7, 11) is 0. The predicted octanol–water partition coefficient (Wildman–Crippen LogP) is 7.69. The van der Waals surface area contributed by atoms with Crippen LogP contribution in [0.15, 0.2) is 77.3 Å². The Morgan fingerprint density at radius 2 is 1.71 bits per heavy atom. The van der Waals surface area contributed by atoms with Crippen LogP contribution >= 0.6 is 50.9 Å². The Labute approximate surface area is 247 Å². The summed E-state index contributed by atoms with van der Waals surface area (Å²) >= 11 is 17.4. The highest BCUT2D eigenvalue weighted by atomic mass is 79.9. The summed E-state index contributed by atoms with van der Waals surface area (Å²) in [6.07, 6.45) is 4.67. The summed E-state index contributed by atoms with van der Waals surface area (Å²) in [5, 5.41) is 4.41. The second-order valence-electron chi connectivity index (χ2n) is 9.58. The molecule has 1 atom stereocenters. The molecule has 4 nitrogen and oxygen atoms in total. The van der Waals surface area contributed by atoms with Gasteiger partial charge in [-0.15, -0.1) is 11.8 Å². The van der Waals surface area contributed by atoms with Crippen LogP contribution in [-0.4, -0.2) is 34.6 Å². The molecule has 4 rings (SSSR count). The Kier molecular flexibility index (Phi) is 11.0. The molecule has 1 aliphatic carbocycles. The number of benzene rings is 3. The predicted molar refractivity (Wildman–Crippen MR) is 162 cm³/mol. The van der Waals surface area contributed by atoms with Gasteiger partial charge >= 0.3 is 0 Å². The van der Waals surface area contributed by atoms with Crippen LogP contribution in [0.25, 0.3) is 0 Å². The van der Waals surface area contributed by atoms with Crippen LogP contribution in [0.3, 0.4) is 0 Å². The first-order valence-corrected chi connectivity index (χ1v) is 15.5. The van der Waals surface area contributed by atoms with Gasteiger partial charge in [0.2, 0.25) is 11.8 Å². The molecule has 1 saturated carbocycles. The van der Waals surface area contributed by atoms with Crippen molar-refractivity contribution in [2.75, 3.05) is 5.75 Å². The Bertz CT molecular complexity index is 1240. The van der Waals surface area contributed by atoms with E-state index in [1.165, 1.54) is 11.8 Å². The molecule has 1 N–H and O–H groups in total. The van der Waals surface area contributed by atoms with Gasteiger partial charge in [-0.25, -0.2) is 0 Å². The lowest BCUT2D eigenvalue weighted by molar-refractivity contribution is -0.139. The summed E-state index contributed by atoms with van der Waals surface area (Å²) in [4.78, 5) is 29.3. The topological polar surface area (TPSA) is 49.4 Å². The van der Waals surface area contributed by atoms with Gasteiger partial charge in [0.1, 0.15) is 6.04 Å². The van der Waals surface area contributed by atoms with Crippen LogP contribution < -0.4 is 5.32 Å². The van der Waals surface area contributed by atoms with Gasteiger partial charge in [-0.1, -0.05) is 101 Å². The zero-order chi connectivity index (χ0) is 26.9. The first-order chi connectivity index (χ1) is 18.4. The number of hydrogen-bond donors (Lipinski definition) is 1. The molecule has 3 aromatic rings. The third-order valence-corrected chi connectivity index (χ3v) is 8.76. The van der Waals surface area contributed by atoms with Gasteiger partial charge in [0.05, 0.1) is 5.75 Å². The average Bonchev–Trinajstić information content (AvgIpc) is 3.41. The molecule has 0 aromatic heterocycles. The molecule has 2 amide bonds. The molecule has 0 spiro atoms. The second kappa shape index (κ2) is 14.4. The lowest BCUT2D eigenvalue weighted by Crippen LogP contribution is -2.52. The fraction of sp³-hybridized carbons (Fsp3) is 0.333. The number of carbonyl (C=O) groups excluding carboxylic acids is 2. The number of amides is 2. The number of halogens is 3. The van der Waals surface area contributed by atoms with Crippen LogP contribution in [-0.2, 0) is 28.3 Å². The number of nitrogens with zero attached hydrogens (tertiary/aromatic N) is 1. The van der Waals surface area contributed by atoms with Crippen molar-refractivity contribution in [1.82, 2.24) is 10.2 Å². The molecular weight excluding hydrogens is 603 g/mol. The maximum atomic E-state index is 13.8. The van der Waals surface area contributed by atoms with Crippen molar-refractivity contribution in [3.8, 4) is 0 Å². The first-order valence-electron chi connectivity index (χ1n) is 12.8. The Morgan fingerprint density at radius 1 is 0.974 bits per heavy atom. The lowest BCUT2D eigenvalue weighted by Gasteiger charge is -2.32. The van der Waals surface area contributed by atoms with Crippen molar-refractivity contribution >= 4 is 62.7 Å². The number of hydrogen-bond acceptors (Lipinski definition) is 3. The van der Waals surface area contributed by atoms with E-state index in [1.807, 2.05) is 60.7 Å². The first kappa shape index (κ1) is 29.0. The van der Waals surface area contributed by atoms with E-state index < -0.39 is 6.04 Å². The number of carbonyl (C=O) groups is 2. The van der Waals surface area contributed by atoms with Crippen molar-refractivity contribution in [3.05, 3.63) is 104 Å². The van der Waals surface area contributed by atoms with E-state index in [0.717, 1.165) is 46.8 Å². The van der Waals surface area contributed by atoms with Crippen molar-refractivity contribution in [2.45, 2.75) is 56.5 Å². The molecule has 1 aliphatic rings. The highest BCUT2D eigenvalue weighted by molar-refractivity contribution is 9.10. The van der Waals surface area contributed by atoms with Crippen molar-refractivity contribution in [1.29, 1.82) is 0 Å². The van der Waals surface area contributed by atoms with Crippen molar-refractivity contribution in [2.24, 2.45) is 0 Å². The van der Waals surface area contributed by atoms with Gasteiger partial charge in [0, 0.05) is 39.3 Å². The van der Waals surface area contributed by atoms with Crippen LogP contribution in [0.1, 0.15) is 42.4 Å². The maximum Gasteiger partial charge on any atom is 0.243 e. The molecule has 0 bridgehead atoms. The van der Waals surface area contributed by atoms with Crippen molar-refractivity contribution < 1.29 is 9.59 Å². The van der Waals surface area contributed by atoms with Crippen LogP contribution in [0.2, 0.25) is 10.0 Å². The summed E-state index contributed by atoms with van der Waals surface area (Å²) in [5.41, 5.74) is 2.91. The van der Waals surface area contributed by atoms with Crippen LogP contribution in [0.5, 0.6) is 0 Å². The van der Waals surface area contributed by atoms with E-state index >= 15 is 0 Å². The SMILES string of the molecule is O=C(NC1CCCC1)C(Cc1ccccc1)N(Cc1cccc(Br)c1)C(=O)CSCc1ccc(Cl)cc1Cl. The summed E-state index contributed by atoms with van der Waals surface area (Å²) in [6.45, 7) is 0.343. The zero-order valence-corrected chi connectivity index (χ0v) is 25.0. The summed E-state index contributed by atoms with van der Waals surface area (Å²) < 4.78 is 0.934. The number of nitrogens with one attached hydrogen (secondary N) is 1. The van der Waals surface area contributed by atoms with Crippen LogP contribution in [0.4, 0.5) is 0 Å². The monoisotopic (exact) mass is 632 g/mol. The van der Waals surface area contributed by atoms with Gasteiger partial charge in [0.15, 0.2) is 0 Å². The average molecular weight is 634 g/mol. The second-order valence-corrected chi connectivity index (χ2v) is 12.3. The third kappa shape index (κ3) is 8.51. The van der Waals surface area contributed by atoms with E-state index in [0.29, 0.717) is 28.8 Å². The quantitative estimate of drug-likeness (QED) is 0.236. The molecule has 8 heteroatoms. The number of rotatable bonds is 11.